The van der Waals surface area contributed by atoms with E-state index in [2.05, 4.69) is 96.5 Å². The van der Waals surface area contributed by atoms with E-state index in [1.54, 1.807) is 11.3 Å². The minimum atomic E-state index is 1.04. The fourth-order valence-electron chi connectivity index (χ4n) is 3.19. The van der Waals surface area contributed by atoms with Crippen molar-refractivity contribution >= 4 is 27.7 Å². The topological polar surface area (TPSA) is 16.1 Å². The maximum absolute atomic E-state index is 4.45. The van der Waals surface area contributed by atoms with Crippen molar-refractivity contribution in [3.8, 4) is 10.4 Å². The van der Waals surface area contributed by atoms with Crippen molar-refractivity contribution in [2.45, 2.75) is 27.2 Å². The van der Waals surface area contributed by atoms with Gasteiger partial charge in [0.25, 0.3) is 0 Å². The molecule has 0 amide bonds. The molecule has 0 spiro atoms. The Kier molecular flexibility index (Phi) is 5.27. The highest BCUT2D eigenvalue weighted by molar-refractivity contribution is 7.19. The lowest BCUT2D eigenvalue weighted by Crippen LogP contribution is -2.08. The Morgan fingerprint density at radius 2 is 1.46 bits per heavy atom. The molecule has 0 bridgehead atoms. The molecule has 2 aromatic heterocycles. The van der Waals surface area contributed by atoms with E-state index in [1.165, 1.54) is 32.4 Å². The molecule has 2 heterocycles. The van der Waals surface area contributed by atoms with E-state index in [9.17, 15) is 0 Å². The minimum absolute atomic E-state index is 1.04. The molecule has 0 aliphatic rings. The van der Waals surface area contributed by atoms with E-state index >= 15 is 0 Å². The van der Waals surface area contributed by atoms with Crippen molar-refractivity contribution in [3.05, 3.63) is 95.8 Å². The van der Waals surface area contributed by atoms with Crippen molar-refractivity contribution in [2.24, 2.45) is 0 Å². The average Bonchev–Trinajstić information content (AvgIpc) is 3.20. The number of pyridine rings is 1. The quantitative estimate of drug-likeness (QED) is 0.355. The van der Waals surface area contributed by atoms with Crippen LogP contribution in [0, 0.1) is 13.8 Å². The molecule has 0 aliphatic heterocycles. The van der Waals surface area contributed by atoms with Crippen LogP contribution in [0.5, 0.6) is 0 Å². The van der Waals surface area contributed by atoms with Gasteiger partial charge in [0.2, 0.25) is 0 Å². The monoisotopic (exact) mass is 384 g/mol. The third-order valence-corrected chi connectivity index (χ3v) is 6.02. The summed E-state index contributed by atoms with van der Waals surface area (Å²) in [5.41, 5.74) is 7.17. The van der Waals surface area contributed by atoms with E-state index in [0.29, 0.717) is 0 Å². The van der Waals surface area contributed by atoms with Gasteiger partial charge in [-0.05, 0) is 68.3 Å². The number of hydrogen-bond acceptors (Lipinski definition) is 3. The van der Waals surface area contributed by atoms with Crippen LogP contribution in [0.4, 0.5) is 16.4 Å². The molecule has 0 aliphatic carbocycles. The predicted molar refractivity (Wildman–Crippen MR) is 121 cm³/mol. The van der Waals surface area contributed by atoms with Crippen LogP contribution in [-0.2, 0) is 6.42 Å². The number of benzene rings is 2. The fourth-order valence-corrected chi connectivity index (χ4v) is 4.23. The van der Waals surface area contributed by atoms with Crippen LogP contribution in [0.3, 0.4) is 0 Å². The first-order valence-electron chi connectivity index (χ1n) is 9.62. The molecule has 0 unspecified atom stereocenters. The van der Waals surface area contributed by atoms with Gasteiger partial charge in [0.15, 0.2) is 0 Å². The molecule has 140 valence electrons. The van der Waals surface area contributed by atoms with Gasteiger partial charge in [-0.3, -0.25) is 4.98 Å². The van der Waals surface area contributed by atoms with Crippen molar-refractivity contribution < 1.29 is 0 Å². The Hall–Kier alpha value is -2.91. The summed E-state index contributed by atoms with van der Waals surface area (Å²) < 4.78 is 0. The zero-order valence-electron chi connectivity index (χ0n) is 16.5. The molecule has 2 nitrogen and oxygen atoms in total. The summed E-state index contributed by atoms with van der Waals surface area (Å²) in [7, 11) is 0. The van der Waals surface area contributed by atoms with Gasteiger partial charge in [0.1, 0.15) is 5.00 Å². The lowest BCUT2D eigenvalue weighted by Gasteiger charge is -2.24. The molecule has 0 atom stereocenters. The van der Waals surface area contributed by atoms with E-state index in [0.717, 1.165) is 17.7 Å². The summed E-state index contributed by atoms with van der Waals surface area (Å²) >= 11 is 1.79. The van der Waals surface area contributed by atoms with Crippen LogP contribution in [0.15, 0.2) is 79.0 Å². The molecular weight excluding hydrogens is 360 g/mol. The van der Waals surface area contributed by atoms with Crippen LogP contribution in [0.1, 0.15) is 23.7 Å². The van der Waals surface area contributed by atoms with Gasteiger partial charge in [-0.15, -0.1) is 11.3 Å². The Morgan fingerprint density at radius 1 is 0.786 bits per heavy atom. The Labute approximate surface area is 171 Å². The van der Waals surface area contributed by atoms with Gasteiger partial charge >= 0.3 is 0 Å². The molecule has 0 radical (unpaired) electrons. The summed E-state index contributed by atoms with van der Waals surface area (Å²) in [5.74, 6) is 0. The summed E-state index contributed by atoms with van der Waals surface area (Å²) in [5, 5.41) is 1.20. The largest absolute Gasteiger partial charge is 0.302 e. The summed E-state index contributed by atoms with van der Waals surface area (Å²) in [6, 6.07) is 26.2. The molecule has 4 aromatic rings. The van der Waals surface area contributed by atoms with Crippen molar-refractivity contribution in [3.63, 3.8) is 0 Å². The van der Waals surface area contributed by atoms with Gasteiger partial charge in [-0.2, -0.15) is 0 Å². The number of rotatable bonds is 5. The van der Waals surface area contributed by atoms with Crippen LogP contribution in [-0.4, -0.2) is 4.98 Å². The molecule has 28 heavy (non-hydrogen) atoms. The second-order valence-electron chi connectivity index (χ2n) is 7.02. The van der Waals surface area contributed by atoms with Crippen molar-refractivity contribution in [1.82, 2.24) is 4.98 Å². The maximum Gasteiger partial charge on any atom is 0.101 e. The van der Waals surface area contributed by atoms with Crippen molar-refractivity contribution in [1.29, 1.82) is 0 Å². The predicted octanol–water partition coefficient (Wildman–Crippen LogP) is 7.46. The number of hydrogen-bond donors (Lipinski definition) is 0. The maximum atomic E-state index is 4.45. The zero-order chi connectivity index (χ0) is 19.5. The summed E-state index contributed by atoms with van der Waals surface area (Å²) in [6.07, 6.45) is 3.01. The Bertz CT molecular complexity index is 1050. The van der Waals surface area contributed by atoms with Crippen LogP contribution < -0.4 is 4.90 Å². The van der Waals surface area contributed by atoms with E-state index in [4.69, 9.17) is 0 Å². The highest BCUT2D eigenvalue weighted by Gasteiger charge is 2.15. The normalized spacial score (nSPS) is 10.8. The van der Waals surface area contributed by atoms with E-state index < -0.39 is 0 Å². The minimum Gasteiger partial charge on any atom is -0.302 e. The number of aromatic nitrogens is 1. The molecule has 2 aromatic carbocycles. The fraction of sp³-hybridized carbons (Fsp3) is 0.160. The Balaban J connectivity index is 1.76. The standard InChI is InChI=1S/C25H24N2S/c1-4-20-8-13-23(14-9-20)27(22-11-5-18(2)6-12-22)25-16-15-24(28-25)21-10-7-19(3)26-17-21/h5-17H,4H2,1-3H3. The zero-order valence-corrected chi connectivity index (χ0v) is 17.3. The number of nitrogens with zero attached hydrogens (tertiary/aromatic N) is 2. The van der Waals surface area contributed by atoms with Crippen LogP contribution in [0.25, 0.3) is 10.4 Å². The average molecular weight is 385 g/mol. The van der Waals surface area contributed by atoms with Crippen LogP contribution in [0.2, 0.25) is 0 Å². The van der Waals surface area contributed by atoms with Gasteiger partial charge in [-0.1, -0.05) is 42.8 Å². The van der Waals surface area contributed by atoms with E-state index in [1.807, 2.05) is 13.1 Å². The van der Waals surface area contributed by atoms with Crippen LogP contribution >= 0.6 is 11.3 Å². The number of anilines is 3. The molecule has 0 saturated carbocycles. The third kappa shape index (κ3) is 3.85. The van der Waals surface area contributed by atoms with Gasteiger partial charge in [0.05, 0.1) is 0 Å². The molecular formula is C25H24N2S. The lowest BCUT2D eigenvalue weighted by atomic mass is 10.1. The molecule has 0 saturated heterocycles. The van der Waals surface area contributed by atoms with Crippen molar-refractivity contribution in [2.75, 3.05) is 4.90 Å². The van der Waals surface area contributed by atoms with Gasteiger partial charge in [0, 0.05) is 33.7 Å². The highest BCUT2D eigenvalue weighted by Crippen LogP contribution is 2.41. The third-order valence-electron chi connectivity index (χ3n) is 4.90. The first-order chi connectivity index (χ1) is 13.6. The van der Waals surface area contributed by atoms with Gasteiger partial charge in [-0.25, -0.2) is 0 Å². The summed E-state index contributed by atoms with van der Waals surface area (Å²) in [4.78, 5) is 8.00. The SMILES string of the molecule is CCc1ccc(N(c2ccc(C)cc2)c2ccc(-c3ccc(C)nc3)s2)cc1. The number of thiophene rings is 1. The first-order valence-corrected chi connectivity index (χ1v) is 10.4. The van der Waals surface area contributed by atoms with Gasteiger partial charge < -0.3 is 4.90 Å². The molecule has 0 N–H and O–H groups in total. The highest BCUT2D eigenvalue weighted by atomic mass is 32.1. The summed E-state index contributed by atoms with van der Waals surface area (Å²) in [6.45, 7) is 6.33. The van der Waals surface area contributed by atoms with E-state index in [-0.39, 0.29) is 0 Å². The smallest absolute Gasteiger partial charge is 0.101 e. The molecule has 0 fully saturated rings. The lowest BCUT2D eigenvalue weighted by molar-refractivity contribution is 1.14. The second-order valence-corrected chi connectivity index (χ2v) is 8.08. The number of aryl methyl sites for hydroxylation is 3. The first kappa shape index (κ1) is 18.5. The Morgan fingerprint density at radius 3 is 2.07 bits per heavy atom. The molecule has 3 heteroatoms. The second kappa shape index (κ2) is 7.99. The molecule has 4 rings (SSSR count).